The van der Waals surface area contributed by atoms with Crippen LogP contribution in [-0.2, 0) is 12.8 Å². The lowest BCUT2D eigenvalue weighted by molar-refractivity contribution is 0.0740. The molecule has 0 aromatic heterocycles. The van der Waals surface area contributed by atoms with E-state index in [1.165, 1.54) is 22.3 Å². The highest BCUT2D eigenvalue weighted by Gasteiger charge is 2.45. The Balaban J connectivity index is 1.34. The van der Waals surface area contributed by atoms with E-state index in [4.69, 9.17) is 0 Å². The minimum Gasteiger partial charge on any atom is -0.351 e. The standard InChI is InChI=1S/C28H29N3O/c1-30-25-13-7-6-12-24(25)27(32)29-28(30)16-18-31(19-17-28)26-22-10-4-2-8-20(22)14-15-21-9-3-5-11-23(21)26/h2-13,26H,14-19H2,1H3,(H,29,32). The predicted molar refractivity (Wildman–Crippen MR) is 128 cm³/mol. The molecule has 1 N–H and O–H groups in total. The van der Waals surface area contributed by atoms with E-state index in [0.717, 1.165) is 50.0 Å². The van der Waals surface area contributed by atoms with E-state index in [-0.39, 0.29) is 17.6 Å². The molecule has 0 unspecified atom stereocenters. The third-order valence-corrected chi connectivity index (χ3v) is 7.85. The molecule has 2 heterocycles. The number of rotatable bonds is 1. The number of fused-ring (bicyclic) bond motifs is 3. The zero-order chi connectivity index (χ0) is 21.7. The van der Waals surface area contributed by atoms with Crippen LogP contribution in [0.2, 0.25) is 0 Å². The molecule has 0 saturated carbocycles. The van der Waals surface area contributed by atoms with Crippen LogP contribution in [0, 0.1) is 0 Å². The molecule has 1 amide bonds. The first-order valence-corrected chi connectivity index (χ1v) is 11.7. The number of para-hydroxylation sites is 1. The molecule has 6 rings (SSSR count). The van der Waals surface area contributed by atoms with Gasteiger partial charge in [-0.05, 0) is 47.2 Å². The van der Waals surface area contributed by atoms with E-state index >= 15 is 0 Å². The summed E-state index contributed by atoms with van der Waals surface area (Å²) in [6, 6.07) is 26.1. The lowest BCUT2D eigenvalue weighted by atomic mass is 9.87. The molecule has 0 atom stereocenters. The average Bonchev–Trinajstić information content (AvgIpc) is 3.00. The number of anilines is 1. The maximum absolute atomic E-state index is 12.9. The van der Waals surface area contributed by atoms with Crippen molar-refractivity contribution in [2.75, 3.05) is 25.0 Å². The van der Waals surface area contributed by atoms with Gasteiger partial charge in [0.05, 0.1) is 17.3 Å². The summed E-state index contributed by atoms with van der Waals surface area (Å²) in [5.41, 5.74) is 7.31. The van der Waals surface area contributed by atoms with Crippen molar-refractivity contribution in [2.24, 2.45) is 0 Å². The fraction of sp³-hybridized carbons (Fsp3) is 0.321. The second-order valence-electron chi connectivity index (χ2n) is 9.40. The summed E-state index contributed by atoms with van der Waals surface area (Å²) in [7, 11) is 2.13. The monoisotopic (exact) mass is 423 g/mol. The molecule has 162 valence electrons. The number of benzene rings is 3. The second-order valence-corrected chi connectivity index (χ2v) is 9.40. The van der Waals surface area contributed by atoms with Crippen molar-refractivity contribution in [2.45, 2.75) is 37.4 Å². The van der Waals surface area contributed by atoms with Crippen molar-refractivity contribution in [3.63, 3.8) is 0 Å². The predicted octanol–water partition coefficient (Wildman–Crippen LogP) is 4.55. The summed E-state index contributed by atoms with van der Waals surface area (Å²) in [5, 5.41) is 3.37. The molecule has 1 spiro atoms. The van der Waals surface area contributed by atoms with Crippen molar-refractivity contribution >= 4 is 11.6 Å². The highest BCUT2D eigenvalue weighted by atomic mass is 16.2. The van der Waals surface area contributed by atoms with Crippen molar-refractivity contribution in [3.05, 3.63) is 101 Å². The number of piperidine rings is 1. The molecule has 4 nitrogen and oxygen atoms in total. The topological polar surface area (TPSA) is 35.6 Å². The molecule has 0 radical (unpaired) electrons. The smallest absolute Gasteiger partial charge is 0.255 e. The normalized spacial score (nSPS) is 20.2. The third kappa shape index (κ3) is 2.97. The van der Waals surface area contributed by atoms with Crippen molar-refractivity contribution < 1.29 is 4.79 Å². The molecule has 3 aromatic rings. The maximum Gasteiger partial charge on any atom is 0.255 e. The second kappa shape index (κ2) is 7.49. The molecule has 4 heteroatoms. The van der Waals surface area contributed by atoms with E-state index < -0.39 is 0 Å². The quantitative estimate of drug-likeness (QED) is 0.624. The van der Waals surface area contributed by atoms with Crippen LogP contribution in [0.15, 0.2) is 72.8 Å². The molecular weight excluding hydrogens is 394 g/mol. The van der Waals surface area contributed by atoms with Gasteiger partial charge in [0.2, 0.25) is 0 Å². The van der Waals surface area contributed by atoms with Gasteiger partial charge in [-0.2, -0.15) is 0 Å². The third-order valence-electron chi connectivity index (χ3n) is 7.85. The summed E-state index contributed by atoms with van der Waals surface area (Å²) >= 11 is 0. The van der Waals surface area contributed by atoms with Gasteiger partial charge < -0.3 is 10.2 Å². The van der Waals surface area contributed by atoms with Crippen LogP contribution in [0.25, 0.3) is 0 Å². The van der Waals surface area contributed by atoms with Crippen LogP contribution < -0.4 is 10.2 Å². The van der Waals surface area contributed by atoms with Gasteiger partial charge in [0.25, 0.3) is 5.91 Å². The van der Waals surface area contributed by atoms with Crippen LogP contribution in [0.4, 0.5) is 5.69 Å². The van der Waals surface area contributed by atoms with E-state index in [1.54, 1.807) is 0 Å². The van der Waals surface area contributed by atoms with Crippen LogP contribution in [-0.4, -0.2) is 36.6 Å². The van der Waals surface area contributed by atoms with E-state index in [0.29, 0.717) is 0 Å². The number of nitrogens with zero attached hydrogens (tertiary/aromatic N) is 2. The highest BCUT2D eigenvalue weighted by molar-refractivity contribution is 6.02. The van der Waals surface area contributed by atoms with Gasteiger partial charge in [-0.25, -0.2) is 0 Å². The Bertz CT molecular complexity index is 1130. The first-order valence-electron chi connectivity index (χ1n) is 11.7. The van der Waals surface area contributed by atoms with Crippen LogP contribution >= 0.6 is 0 Å². The average molecular weight is 424 g/mol. The minimum atomic E-state index is -0.314. The number of likely N-dealkylation sites (tertiary alicyclic amines) is 1. The first-order chi connectivity index (χ1) is 15.7. The maximum atomic E-state index is 12.9. The number of hydrogen-bond donors (Lipinski definition) is 1. The molecule has 1 saturated heterocycles. The van der Waals surface area contributed by atoms with Gasteiger partial charge in [-0.15, -0.1) is 0 Å². The van der Waals surface area contributed by atoms with Crippen LogP contribution in [0.1, 0.15) is 51.5 Å². The minimum absolute atomic E-state index is 0.0531. The van der Waals surface area contributed by atoms with Gasteiger partial charge in [0, 0.05) is 33.0 Å². The van der Waals surface area contributed by atoms with Gasteiger partial charge in [-0.1, -0.05) is 60.7 Å². The Kier molecular flexibility index (Phi) is 4.58. The number of nitrogens with one attached hydrogen (secondary N) is 1. The fourth-order valence-electron chi connectivity index (χ4n) is 6.05. The molecule has 32 heavy (non-hydrogen) atoms. The van der Waals surface area contributed by atoms with Gasteiger partial charge in [0.1, 0.15) is 5.66 Å². The SMILES string of the molecule is CN1c2ccccc2C(=O)NC12CCN(C1c3ccccc3CCc3ccccc31)CC2. The summed E-state index contributed by atoms with van der Waals surface area (Å²) < 4.78 is 0. The zero-order valence-corrected chi connectivity index (χ0v) is 18.6. The Morgan fingerprint density at radius 2 is 1.38 bits per heavy atom. The van der Waals surface area contributed by atoms with Crippen molar-refractivity contribution in [1.29, 1.82) is 0 Å². The lowest BCUT2D eigenvalue weighted by Gasteiger charge is -2.52. The van der Waals surface area contributed by atoms with E-state index in [1.807, 2.05) is 18.2 Å². The van der Waals surface area contributed by atoms with Crippen LogP contribution in [0.3, 0.4) is 0 Å². The Labute approximate surface area is 189 Å². The molecular formula is C28H29N3O. The number of carbonyl (C=O) groups is 1. The van der Waals surface area contributed by atoms with Crippen molar-refractivity contribution in [1.82, 2.24) is 10.2 Å². The highest BCUT2D eigenvalue weighted by Crippen LogP contribution is 2.41. The summed E-state index contributed by atoms with van der Waals surface area (Å²) in [6.45, 7) is 1.89. The Hall–Kier alpha value is -3.11. The lowest BCUT2D eigenvalue weighted by Crippen LogP contribution is -2.66. The summed E-state index contributed by atoms with van der Waals surface area (Å²) in [4.78, 5) is 17.8. The fourth-order valence-corrected chi connectivity index (χ4v) is 6.05. The molecule has 3 aliphatic rings. The first kappa shape index (κ1) is 19.6. The Morgan fingerprint density at radius 3 is 2.03 bits per heavy atom. The van der Waals surface area contributed by atoms with Gasteiger partial charge in [0.15, 0.2) is 0 Å². The number of hydrogen-bond acceptors (Lipinski definition) is 3. The largest absolute Gasteiger partial charge is 0.351 e. The molecule has 0 bridgehead atoms. The summed E-state index contributed by atoms with van der Waals surface area (Å²) in [6.07, 6.45) is 4.00. The molecule has 1 fully saturated rings. The number of carbonyl (C=O) groups excluding carboxylic acids is 1. The number of amides is 1. The van der Waals surface area contributed by atoms with Crippen molar-refractivity contribution in [3.8, 4) is 0 Å². The Morgan fingerprint density at radius 1 is 0.812 bits per heavy atom. The number of aryl methyl sites for hydroxylation is 2. The molecule has 1 aliphatic carbocycles. The van der Waals surface area contributed by atoms with E-state index in [2.05, 4.69) is 76.8 Å². The van der Waals surface area contributed by atoms with Gasteiger partial charge >= 0.3 is 0 Å². The molecule has 3 aromatic carbocycles. The van der Waals surface area contributed by atoms with Gasteiger partial charge in [-0.3, -0.25) is 9.69 Å². The van der Waals surface area contributed by atoms with Crippen LogP contribution in [0.5, 0.6) is 0 Å². The zero-order valence-electron chi connectivity index (χ0n) is 18.6. The molecule has 2 aliphatic heterocycles. The van der Waals surface area contributed by atoms with E-state index in [9.17, 15) is 4.79 Å². The summed E-state index contributed by atoms with van der Waals surface area (Å²) in [5.74, 6) is 0.0531.